The molecule has 2 N–H and O–H groups in total. The Morgan fingerprint density at radius 3 is 2.62 bits per heavy atom. The van der Waals surface area contributed by atoms with Crippen LogP contribution in [0.1, 0.15) is 10.4 Å². The number of benzene rings is 2. The number of halogens is 1. The second-order valence-electron chi connectivity index (χ2n) is 4.65. The van der Waals surface area contributed by atoms with Crippen LogP contribution in [0.4, 0.5) is 5.69 Å². The number of hydrogen-bond donors (Lipinski definition) is 1. The molecule has 0 aliphatic heterocycles. The molecule has 0 saturated heterocycles. The van der Waals surface area contributed by atoms with Crippen molar-refractivity contribution in [2.45, 2.75) is 0 Å². The van der Waals surface area contributed by atoms with E-state index in [9.17, 15) is 4.79 Å². The van der Waals surface area contributed by atoms with E-state index >= 15 is 0 Å². The van der Waals surface area contributed by atoms with Crippen molar-refractivity contribution >= 4 is 27.5 Å². The summed E-state index contributed by atoms with van der Waals surface area (Å²) in [5.41, 5.74) is 6.85. The van der Waals surface area contributed by atoms with Gasteiger partial charge in [0.1, 0.15) is 12.4 Å². The highest BCUT2D eigenvalue weighted by molar-refractivity contribution is 9.10. The topological polar surface area (TPSA) is 55.6 Å². The molecule has 0 spiro atoms. The molecule has 21 heavy (non-hydrogen) atoms. The van der Waals surface area contributed by atoms with Crippen molar-refractivity contribution in [2.75, 3.05) is 25.9 Å². The number of anilines is 1. The number of ether oxygens (including phenoxy) is 1. The number of hydrogen-bond acceptors (Lipinski definition) is 3. The molecule has 2 rings (SSSR count). The molecule has 0 aliphatic rings. The Labute approximate surface area is 132 Å². The zero-order valence-electron chi connectivity index (χ0n) is 11.8. The number of nitrogen functional groups attached to an aromatic ring is 1. The third-order valence-electron chi connectivity index (χ3n) is 2.99. The van der Waals surface area contributed by atoms with E-state index in [4.69, 9.17) is 10.5 Å². The highest BCUT2D eigenvalue weighted by Gasteiger charge is 2.11. The molecular formula is C16H17BrN2O2. The fourth-order valence-electron chi connectivity index (χ4n) is 1.82. The van der Waals surface area contributed by atoms with Crippen LogP contribution >= 0.6 is 15.9 Å². The highest BCUT2D eigenvalue weighted by atomic mass is 79.9. The molecule has 4 nitrogen and oxygen atoms in total. The Kier molecular flexibility index (Phi) is 5.22. The maximum absolute atomic E-state index is 12.2. The van der Waals surface area contributed by atoms with E-state index in [1.165, 1.54) is 0 Å². The lowest BCUT2D eigenvalue weighted by molar-refractivity contribution is 0.0774. The third kappa shape index (κ3) is 4.49. The van der Waals surface area contributed by atoms with Crippen LogP contribution in [0.3, 0.4) is 0 Å². The summed E-state index contributed by atoms with van der Waals surface area (Å²) >= 11 is 3.37. The van der Waals surface area contributed by atoms with Crippen molar-refractivity contribution in [3.63, 3.8) is 0 Å². The van der Waals surface area contributed by atoms with Gasteiger partial charge in [-0.1, -0.05) is 22.0 Å². The molecule has 0 radical (unpaired) electrons. The molecule has 0 saturated carbocycles. The number of rotatable bonds is 5. The van der Waals surface area contributed by atoms with Gasteiger partial charge in [-0.25, -0.2) is 0 Å². The summed E-state index contributed by atoms with van der Waals surface area (Å²) in [5, 5.41) is 0. The van der Waals surface area contributed by atoms with Crippen molar-refractivity contribution in [1.82, 2.24) is 4.90 Å². The molecule has 5 heteroatoms. The Morgan fingerprint density at radius 2 is 1.95 bits per heavy atom. The molecule has 0 unspecified atom stereocenters. The minimum Gasteiger partial charge on any atom is -0.492 e. The lowest BCUT2D eigenvalue weighted by atomic mass is 10.2. The first-order valence-corrected chi connectivity index (χ1v) is 7.35. The molecule has 0 bridgehead atoms. The van der Waals surface area contributed by atoms with Crippen LogP contribution in [0.5, 0.6) is 5.75 Å². The van der Waals surface area contributed by atoms with Crippen molar-refractivity contribution in [3.8, 4) is 5.75 Å². The SMILES string of the molecule is CN(CCOc1ccc(Br)cc1)C(=O)c1cccc(N)c1. The summed E-state index contributed by atoms with van der Waals surface area (Å²) in [4.78, 5) is 13.8. The van der Waals surface area contributed by atoms with Crippen LogP contribution in [0.15, 0.2) is 53.0 Å². The fraction of sp³-hybridized carbons (Fsp3) is 0.188. The molecule has 0 aliphatic carbocycles. The molecule has 0 aromatic heterocycles. The average molecular weight is 349 g/mol. The van der Waals surface area contributed by atoms with Gasteiger partial charge in [-0.3, -0.25) is 4.79 Å². The lowest BCUT2D eigenvalue weighted by Gasteiger charge is -2.17. The largest absolute Gasteiger partial charge is 0.492 e. The molecule has 110 valence electrons. The normalized spacial score (nSPS) is 10.2. The first kappa shape index (κ1) is 15.4. The van der Waals surface area contributed by atoms with Gasteiger partial charge in [0.25, 0.3) is 5.91 Å². The zero-order valence-corrected chi connectivity index (χ0v) is 13.3. The predicted molar refractivity (Wildman–Crippen MR) is 87.5 cm³/mol. The molecule has 0 heterocycles. The van der Waals surface area contributed by atoms with Gasteiger partial charge in [-0.15, -0.1) is 0 Å². The Bertz CT molecular complexity index is 614. The van der Waals surface area contributed by atoms with Crippen LogP contribution in [0.25, 0.3) is 0 Å². The first-order chi connectivity index (χ1) is 10.1. The van der Waals surface area contributed by atoms with Gasteiger partial charge >= 0.3 is 0 Å². The highest BCUT2D eigenvalue weighted by Crippen LogP contribution is 2.16. The van der Waals surface area contributed by atoms with Crippen LogP contribution in [0.2, 0.25) is 0 Å². The molecule has 1 amide bonds. The maximum atomic E-state index is 12.2. The van der Waals surface area contributed by atoms with E-state index in [2.05, 4.69) is 15.9 Å². The number of amides is 1. The number of nitrogens with two attached hydrogens (primary N) is 1. The smallest absolute Gasteiger partial charge is 0.253 e. The van der Waals surface area contributed by atoms with E-state index in [0.717, 1.165) is 10.2 Å². The monoisotopic (exact) mass is 348 g/mol. The van der Waals surface area contributed by atoms with E-state index in [-0.39, 0.29) is 5.91 Å². The Morgan fingerprint density at radius 1 is 1.24 bits per heavy atom. The van der Waals surface area contributed by atoms with Crippen LogP contribution in [0, 0.1) is 0 Å². The van der Waals surface area contributed by atoms with Crippen molar-refractivity contribution < 1.29 is 9.53 Å². The van der Waals surface area contributed by atoms with E-state index < -0.39 is 0 Å². The van der Waals surface area contributed by atoms with Gasteiger partial charge in [0, 0.05) is 22.8 Å². The van der Waals surface area contributed by atoms with Crippen molar-refractivity contribution in [1.29, 1.82) is 0 Å². The van der Waals surface area contributed by atoms with E-state index in [0.29, 0.717) is 24.4 Å². The molecule has 2 aromatic rings. The van der Waals surface area contributed by atoms with Gasteiger partial charge < -0.3 is 15.4 Å². The van der Waals surface area contributed by atoms with E-state index in [1.54, 1.807) is 36.2 Å². The molecule has 0 atom stereocenters. The predicted octanol–water partition coefficient (Wildman–Crippen LogP) is 3.18. The molecule has 2 aromatic carbocycles. The number of carbonyl (C=O) groups excluding carboxylic acids is 1. The first-order valence-electron chi connectivity index (χ1n) is 6.55. The summed E-state index contributed by atoms with van der Waals surface area (Å²) in [5.74, 6) is 0.713. The minimum atomic E-state index is -0.0679. The standard InChI is InChI=1S/C16H17BrN2O2/c1-19(16(20)12-3-2-4-14(18)11-12)9-10-21-15-7-5-13(17)6-8-15/h2-8,11H,9-10,18H2,1H3. The Balaban J connectivity index is 1.85. The lowest BCUT2D eigenvalue weighted by Crippen LogP contribution is -2.30. The summed E-state index contributed by atoms with van der Waals surface area (Å²) in [6, 6.07) is 14.5. The average Bonchev–Trinajstić information content (AvgIpc) is 2.48. The van der Waals surface area contributed by atoms with Crippen LogP contribution in [-0.4, -0.2) is 31.0 Å². The summed E-state index contributed by atoms with van der Waals surface area (Å²) in [6.07, 6.45) is 0. The maximum Gasteiger partial charge on any atom is 0.253 e. The Hall–Kier alpha value is -2.01. The van der Waals surface area contributed by atoms with Crippen LogP contribution in [-0.2, 0) is 0 Å². The number of carbonyl (C=O) groups is 1. The summed E-state index contributed by atoms with van der Waals surface area (Å²) < 4.78 is 6.61. The van der Waals surface area contributed by atoms with Crippen molar-refractivity contribution in [2.24, 2.45) is 0 Å². The number of nitrogens with zero attached hydrogens (tertiary/aromatic N) is 1. The second kappa shape index (κ2) is 7.13. The van der Waals surface area contributed by atoms with Gasteiger partial charge in [0.15, 0.2) is 0 Å². The molecule has 0 fully saturated rings. The zero-order chi connectivity index (χ0) is 15.2. The van der Waals surface area contributed by atoms with Gasteiger partial charge in [-0.05, 0) is 42.5 Å². The van der Waals surface area contributed by atoms with Crippen molar-refractivity contribution in [3.05, 3.63) is 58.6 Å². The van der Waals surface area contributed by atoms with Crippen LogP contribution < -0.4 is 10.5 Å². The third-order valence-corrected chi connectivity index (χ3v) is 3.52. The van der Waals surface area contributed by atoms with Gasteiger partial charge in [-0.2, -0.15) is 0 Å². The fourth-order valence-corrected chi connectivity index (χ4v) is 2.09. The molecular weight excluding hydrogens is 332 g/mol. The summed E-state index contributed by atoms with van der Waals surface area (Å²) in [7, 11) is 1.75. The number of likely N-dealkylation sites (N-methyl/N-ethyl adjacent to an activating group) is 1. The minimum absolute atomic E-state index is 0.0679. The quantitative estimate of drug-likeness (QED) is 0.844. The van der Waals surface area contributed by atoms with Gasteiger partial charge in [0.05, 0.1) is 6.54 Å². The van der Waals surface area contributed by atoms with Gasteiger partial charge in [0.2, 0.25) is 0 Å². The summed E-state index contributed by atoms with van der Waals surface area (Å²) in [6.45, 7) is 0.940. The van der Waals surface area contributed by atoms with E-state index in [1.807, 2.05) is 24.3 Å². The second-order valence-corrected chi connectivity index (χ2v) is 5.57.